The van der Waals surface area contributed by atoms with Gasteiger partial charge in [-0.1, -0.05) is 30.4 Å². The van der Waals surface area contributed by atoms with Crippen LogP contribution in [-0.2, 0) is 14.3 Å². The maximum absolute atomic E-state index is 12.1. The van der Waals surface area contributed by atoms with Crippen LogP contribution in [0.5, 0.6) is 0 Å². The molecule has 3 rings (SSSR count). The van der Waals surface area contributed by atoms with Crippen LogP contribution in [0.3, 0.4) is 0 Å². The van der Waals surface area contributed by atoms with Gasteiger partial charge in [-0.15, -0.1) is 11.3 Å². The molecule has 6 heteroatoms. The Morgan fingerprint density at radius 3 is 2.36 bits per heavy atom. The molecule has 1 aromatic rings. The van der Waals surface area contributed by atoms with Gasteiger partial charge >= 0.3 is 5.97 Å². The molecule has 0 spiro atoms. The molecule has 0 bridgehead atoms. The van der Waals surface area contributed by atoms with Crippen molar-refractivity contribution in [1.29, 1.82) is 0 Å². The molecule has 0 aliphatic heterocycles. The molecular formula is C27H37NO4S. The Hall–Kier alpha value is -2.39. The van der Waals surface area contributed by atoms with E-state index in [1.807, 2.05) is 20.8 Å². The molecule has 1 amide bonds. The van der Waals surface area contributed by atoms with E-state index in [-0.39, 0.29) is 17.2 Å². The topological polar surface area (TPSA) is 63.7 Å². The molecule has 180 valence electrons. The lowest BCUT2D eigenvalue weighted by molar-refractivity contribution is -0.121. The molecule has 0 aromatic carbocycles. The molecule has 1 saturated carbocycles. The second-order valence-electron chi connectivity index (χ2n) is 10.0. The summed E-state index contributed by atoms with van der Waals surface area (Å²) in [6.45, 7) is 10.6. The first-order valence-electron chi connectivity index (χ1n) is 11.7. The third kappa shape index (κ3) is 8.47. The number of carbonyl (C=O) groups excluding carboxylic acids is 3. The zero-order valence-corrected chi connectivity index (χ0v) is 21.6. The van der Waals surface area contributed by atoms with E-state index in [0.717, 1.165) is 12.3 Å². The van der Waals surface area contributed by atoms with Crippen molar-refractivity contribution in [3.05, 3.63) is 27.5 Å². The van der Waals surface area contributed by atoms with Crippen LogP contribution < -0.4 is 4.90 Å². The minimum atomic E-state index is -0.484. The smallest absolute Gasteiger partial charge is 0.350 e. The Labute approximate surface area is 202 Å². The van der Waals surface area contributed by atoms with Gasteiger partial charge < -0.3 is 9.64 Å². The van der Waals surface area contributed by atoms with E-state index in [1.165, 1.54) is 37.7 Å². The number of nitrogens with zero attached hydrogens (tertiary/aromatic N) is 1. The maximum atomic E-state index is 12.1. The van der Waals surface area contributed by atoms with Crippen molar-refractivity contribution in [3.8, 4) is 11.8 Å². The molecule has 1 heterocycles. The Morgan fingerprint density at radius 1 is 1.21 bits per heavy atom. The number of methoxy groups -OCH3 is 1. The van der Waals surface area contributed by atoms with Crippen LogP contribution in [0.4, 0.5) is 5.69 Å². The highest BCUT2D eigenvalue weighted by Crippen LogP contribution is 2.34. The molecule has 5 nitrogen and oxygen atoms in total. The van der Waals surface area contributed by atoms with Crippen LogP contribution in [-0.4, -0.2) is 31.3 Å². The SMILES string of the molecule is CC1=CCC(C)CC1.COC(=O)c1sc(C#CC(C)(C)C)cc1N(C=O)C1CCC(=O)CC1. The third-order valence-corrected chi connectivity index (χ3v) is 6.86. The first-order chi connectivity index (χ1) is 15.5. The van der Waals surface area contributed by atoms with Crippen LogP contribution in [0.2, 0.25) is 0 Å². The molecule has 1 unspecified atom stereocenters. The van der Waals surface area contributed by atoms with E-state index in [4.69, 9.17) is 4.74 Å². The highest BCUT2D eigenvalue weighted by atomic mass is 32.1. The molecule has 0 radical (unpaired) electrons. The number of hydrogen-bond acceptors (Lipinski definition) is 5. The van der Waals surface area contributed by atoms with Gasteiger partial charge in [0.15, 0.2) is 0 Å². The Morgan fingerprint density at radius 2 is 1.88 bits per heavy atom. The van der Waals surface area contributed by atoms with Crippen molar-refractivity contribution in [2.45, 2.75) is 85.6 Å². The van der Waals surface area contributed by atoms with Crippen molar-refractivity contribution in [2.24, 2.45) is 11.3 Å². The predicted octanol–water partition coefficient (Wildman–Crippen LogP) is 6.16. The van der Waals surface area contributed by atoms with E-state index >= 15 is 0 Å². The van der Waals surface area contributed by atoms with Crippen molar-refractivity contribution >= 4 is 35.2 Å². The first-order valence-corrected chi connectivity index (χ1v) is 12.5. The van der Waals surface area contributed by atoms with Crippen LogP contribution in [0.1, 0.15) is 94.1 Å². The highest BCUT2D eigenvalue weighted by Gasteiger charge is 2.29. The van der Waals surface area contributed by atoms with Gasteiger partial charge in [0.25, 0.3) is 0 Å². The quantitative estimate of drug-likeness (QED) is 0.228. The standard InChI is InChI=1S/C19H23NO4S.C8H14/c1-19(2,3)10-9-15-11-16(17(25-15)18(23)24-4)20(12-21)13-5-7-14(22)8-6-13;1-7-3-5-8(2)6-4-7/h11-13H,5-8H2,1-4H3;3,8H,4-6H2,1-2H3. The van der Waals surface area contributed by atoms with Crippen LogP contribution in [0, 0.1) is 23.2 Å². The number of carbonyl (C=O) groups is 3. The molecule has 1 atom stereocenters. The minimum absolute atomic E-state index is 0.0865. The zero-order chi connectivity index (χ0) is 24.6. The minimum Gasteiger partial charge on any atom is -0.465 e. The second kappa shape index (κ2) is 12.2. The summed E-state index contributed by atoms with van der Waals surface area (Å²) in [6, 6.07) is 1.68. The predicted molar refractivity (Wildman–Crippen MR) is 135 cm³/mol. The number of esters is 1. The molecule has 33 heavy (non-hydrogen) atoms. The molecule has 0 saturated heterocycles. The summed E-state index contributed by atoms with van der Waals surface area (Å²) in [4.78, 5) is 38.0. The fourth-order valence-electron chi connectivity index (χ4n) is 3.76. The van der Waals surface area contributed by atoms with E-state index in [2.05, 4.69) is 31.8 Å². The average molecular weight is 472 g/mol. The summed E-state index contributed by atoms with van der Waals surface area (Å²) in [6.07, 6.45) is 9.29. The monoisotopic (exact) mass is 471 g/mol. The van der Waals surface area contributed by atoms with Gasteiger partial charge in [0, 0.05) is 24.3 Å². The molecule has 1 aromatic heterocycles. The van der Waals surface area contributed by atoms with Crippen molar-refractivity contribution < 1.29 is 19.1 Å². The molecular weight excluding hydrogens is 434 g/mol. The van der Waals surface area contributed by atoms with Gasteiger partial charge in [0.2, 0.25) is 6.41 Å². The molecule has 2 aliphatic rings. The zero-order valence-electron chi connectivity index (χ0n) is 20.8. The highest BCUT2D eigenvalue weighted by molar-refractivity contribution is 7.15. The maximum Gasteiger partial charge on any atom is 0.350 e. The summed E-state index contributed by atoms with van der Waals surface area (Å²) >= 11 is 1.23. The second-order valence-corrected chi connectivity index (χ2v) is 11.1. The lowest BCUT2D eigenvalue weighted by Crippen LogP contribution is -2.37. The number of ketones is 1. The normalized spacial score (nSPS) is 18.8. The molecule has 2 aliphatic carbocycles. The number of thiophene rings is 1. The van der Waals surface area contributed by atoms with Gasteiger partial charge in [-0.3, -0.25) is 9.59 Å². The van der Waals surface area contributed by atoms with Gasteiger partial charge in [0.1, 0.15) is 10.7 Å². The lowest BCUT2D eigenvalue weighted by atomic mass is 9.92. The number of allylic oxidation sites excluding steroid dienone is 2. The van der Waals surface area contributed by atoms with E-state index in [1.54, 1.807) is 16.5 Å². The number of hydrogen-bond donors (Lipinski definition) is 0. The Balaban J connectivity index is 0.000000405. The summed E-state index contributed by atoms with van der Waals surface area (Å²) in [7, 11) is 1.32. The fraction of sp³-hybridized carbons (Fsp3) is 0.593. The number of anilines is 1. The average Bonchev–Trinajstić information content (AvgIpc) is 3.20. The van der Waals surface area contributed by atoms with E-state index in [9.17, 15) is 14.4 Å². The summed E-state index contributed by atoms with van der Waals surface area (Å²) in [5, 5.41) is 0. The van der Waals surface area contributed by atoms with Crippen LogP contribution in [0.15, 0.2) is 17.7 Å². The molecule has 0 N–H and O–H groups in total. The number of rotatable bonds is 4. The Kier molecular flexibility index (Phi) is 9.91. The summed E-state index contributed by atoms with van der Waals surface area (Å²) in [5.41, 5.74) is 1.94. The van der Waals surface area contributed by atoms with Crippen molar-refractivity contribution in [2.75, 3.05) is 12.0 Å². The van der Waals surface area contributed by atoms with Crippen molar-refractivity contribution in [1.82, 2.24) is 0 Å². The van der Waals surface area contributed by atoms with Gasteiger partial charge in [0.05, 0.1) is 17.7 Å². The van der Waals surface area contributed by atoms with E-state index in [0.29, 0.717) is 41.1 Å². The van der Waals surface area contributed by atoms with Crippen molar-refractivity contribution in [3.63, 3.8) is 0 Å². The fourth-order valence-corrected chi connectivity index (χ4v) is 4.69. The number of Topliss-reactive ketones (excluding diaryl/α,β-unsaturated/α-hetero) is 1. The molecule has 1 fully saturated rings. The third-order valence-electron chi connectivity index (χ3n) is 5.84. The van der Waals surface area contributed by atoms with Gasteiger partial charge in [-0.25, -0.2) is 4.79 Å². The summed E-state index contributed by atoms with van der Waals surface area (Å²) < 4.78 is 4.86. The van der Waals surface area contributed by atoms with Gasteiger partial charge in [-0.2, -0.15) is 0 Å². The first kappa shape index (κ1) is 26.9. The van der Waals surface area contributed by atoms with Gasteiger partial charge in [-0.05, 0) is 71.8 Å². The number of ether oxygens (including phenoxy) is 1. The lowest BCUT2D eigenvalue weighted by Gasteiger charge is -2.30. The summed E-state index contributed by atoms with van der Waals surface area (Å²) in [5.74, 6) is 6.89. The van der Waals surface area contributed by atoms with Crippen LogP contribution in [0.25, 0.3) is 0 Å². The number of amides is 1. The largest absolute Gasteiger partial charge is 0.465 e. The van der Waals surface area contributed by atoms with E-state index < -0.39 is 5.97 Å². The Bertz CT molecular complexity index is 932. The van der Waals surface area contributed by atoms with Crippen LogP contribution >= 0.6 is 11.3 Å².